The largest absolute Gasteiger partial charge is 0.457 e. The minimum Gasteiger partial charge on any atom is -0.457 e. The molecule has 0 aromatic heterocycles. The van der Waals surface area contributed by atoms with Crippen LogP contribution in [0.15, 0.2) is 42.5 Å². The number of ether oxygens (including phenoxy) is 4. The summed E-state index contributed by atoms with van der Waals surface area (Å²) in [5.41, 5.74) is 1.13. The number of allylic oxidation sites excluding steroid dienone is 2. The Morgan fingerprint density at radius 3 is 2.50 bits per heavy atom. The molecule has 26 heavy (non-hydrogen) atoms. The zero-order valence-corrected chi connectivity index (χ0v) is 14.7. The lowest BCUT2D eigenvalue weighted by atomic mass is 9.94. The van der Waals surface area contributed by atoms with Gasteiger partial charge in [-0.25, -0.2) is 0 Å². The predicted octanol–water partition coefficient (Wildman–Crippen LogP) is 2.49. The maximum Gasteiger partial charge on any atom is 0.310 e. The highest BCUT2D eigenvalue weighted by atomic mass is 16.7. The minimum absolute atomic E-state index is 0.00980. The number of benzene rings is 1. The Balaban J connectivity index is 1.15. The zero-order valence-electron chi connectivity index (χ0n) is 14.7. The second-order valence-corrected chi connectivity index (χ2v) is 7.79. The molecule has 2 bridgehead atoms. The fourth-order valence-corrected chi connectivity index (χ4v) is 4.74. The summed E-state index contributed by atoms with van der Waals surface area (Å²) in [4.78, 5) is 12.6. The van der Waals surface area contributed by atoms with E-state index in [4.69, 9.17) is 18.9 Å². The summed E-state index contributed by atoms with van der Waals surface area (Å²) >= 11 is 0. The van der Waals surface area contributed by atoms with Gasteiger partial charge in [-0.2, -0.15) is 0 Å². The van der Waals surface area contributed by atoms with Crippen molar-refractivity contribution in [1.29, 1.82) is 0 Å². The Hall–Kier alpha value is -1.69. The van der Waals surface area contributed by atoms with Crippen molar-refractivity contribution in [2.45, 2.75) is 43.9 Å². The van der Waals surface area contributed by atoms with E-state index in [0.29, 0.717) is 31.7 Å². The van der Waals surface area contributed by atoms with E-state index in [-0.39, 0.29) is 36.3 Å². The molecule has 0 spiro atoms. The normalized spacial score (nSPS) is 40.1. The molecule has 3 fully saturated rings. The molecule has 2 aliphatic carbocycles. The van der Waals surface area contributed by atoms with Crippen LogP contribution in [0.4, 0.5) is 0 Å². The number of hydrogen-bond donors (Lipinski definition) is 0. The van der Waals surface area contributed by atoms with E-state index >= 15 is 0 Å². The molecule has 2 aliphatic heterocycles. The number of fused-ring (bicyclic) bond motifs is 3. The quantitative estimate of drug-likeness (QED) is 0.599. The third kappa shape index (κ3) is 2.98. The molecule has 2 saturated heterocycles. The number of rotatable bonds is 5. The van der Waals surface area contributed by atoms with Crippen LogP contribution in [-0.4, -0.2) is 43.6 Å². The van der Waals surface area contributed by atoms with Crippen LogP contribution in [-0.2, 0) is 30.3 Å². The standard InChI is InChI=1S/C21H24O5/c22-21(16-9-14-6-7-15(16)8-14)26-18-12-25-19-17(11-24-20(18)19)23-10-13-4-2-1-3-5-13/h1-7,14-20H,8-12H2/t14-,15+,16-,17+,18+,19?,20?/m0/s1. The van der Waals surface area contributed by atoms with Crippen LogP contribution in [0.3, 0.4) is 0 Å². The first kappa shape index (κ1) is 16.5. The lowest BCUT2D eigenvalue weighted by Gasteiger charge is -2.21. The van der Waals surface area contributed by atoms with E-state index in [1.807, 2.05) is 30.3 Å². The second-order valence-electron chi connectivity index (χ2n) is 7.79. The summed E-state index contributed by atoms with van der Waals surface area (Å²) in [6, 6.07) is 10.1. The summed E-state index contributed by atoms with van der Waals surface area (Å²) < 4.78 is 23.5. The molecule has 1 saturated carbocycles. The van der Waals surface area contributed by atoms with Crippen molar-refractivity contribution in [2.75, 3.05) is 13.2 Å². The highest BCUT2D eigenvalue weighted by Crippen LogP contribution is 2.44. The van der Waals surface area contributed by atoms with Crippen LogP contribution < -0.4 is 0 Å². The molecular formula is C21H24O5. The molecule has 1 aromatic rings. The Labute approximate surface area is 153 Å². The molecule has 1 aromatic carbocycles. The number of hydrogen-bond acceptors (Lipinski definition) is 5. The van der Waals surface area contributed by atoms with Gasteiger partial charge in [-0.05, 0) is 30.2 Å². The van der Waals surface area contributed by atoms with Crippen LogP contribution >= 0.6 is 0 Å². The molecule has 7 atom stereocenters. The second kappa shape index (κ2) is 6.80. The van der Waals surface area contributed by atoms with E-state index in [1.54, 1.807) is 0 Å². The topological polar surface area (TPSA) is 54.0 Å². The maximum absolute atomic E-state index is 12.6. The van der Waals surface area contributed by atoms with Crippen molar-refractivity contribution >= 4 is 5.97 Å². The van der Waals surface area contributed by atoms with Gasteiger partial charge in [0, 0.05) is 0 Å². The Bertz CT molecular complexity index is 687. The molecule has 5 rings (SSSR count). The van der Waals surface area contributed by atoms with Crippen LogP contribution in [0.5, 0.6) is 0 Å². The van der Waals surface area contributed by atoms with Gasteiger partial charge < -0.3 is 18.9 Å². The van der Waals surface area contributed by atoms with Crippen LogP contribution in [0.25, 0.3) is 0 Å². The first-order valence-electron chi connectivity index (χ1n) is 9.55. The van der Waals surface area contributed by atoms with Crippen molar-refractivity contribution in [3.63, 3.8) is 0 Å². The van der Waals surface area contributed by atoms with Gasteiger partial charge in [-0.15, -0.1) is 0 Å². The average Bonchev–Trinajstić information content (AvgIpc) is 3.44. The maximum atomic E-state index is 12.6. The van der Waals surface area contributed by atoms with Gasteiger partial charge in [0.25, 0.3) is 0 Å². The average molecular weight is 356 g/mol. The molecule has 4 aliphatic rings. The number of esters is 1. The van der Waals surface area contributed by atoms with Gasteiger partial charge in [-0.3, -0.25) is 4.79 Å². The fraction of sp³-hybridized carbons (Fsp3) is 0.571. The van der Waals surface area contributed by atoms with E-state index in [1.165, 1.54) is 0 Å². The minimum atomic E-state index is -0.319. The summed E-state index contributed by atoms with van der Waals surface area (Å²) in [6.45, 7) is 1.40. The Morgan fingerprint density at radius 1 is 1.00 bits per heavy atom. The summed E-state index contributed by atoms with van der Waals surface area (Å²) in [7, 11) is 0. The van der Waals surface area contributed by atoms with Crippen molar-refractivity contribution in [1.82, 2.24) is 0 Å². The van der Waals surface area contributed by atoms with Crippen LogP contribution in [0, 0.1) is 17.8 Å². The fourth-order valence-electron chi connectivity index (χ4n) is 4.74. The lowest BCUT2D eigenvalue weighted by Crippen LogP contribution is -2.36. The first-order valence-corrected chi connectivity index (χ1v) is 9.55. The van der Waals surface area contributed by atoms with Crippen molar-refractivity contribution < 1.29 is 23.7 Å². The van der Waals surface area contributed by atoms with E-state index in [9.17, 15) is 4.79 Å². The molecule has 0 N–H and O–H groups in total. The highest BCUT2D eigenvalue weighted by molar-refractivity contribution is 5.74. The molecule has 5 heteroatoms. The molecule has 138 valence electrons. The summed E-state index contributed by atoms with van der Waals surface area (Å²) in [5.74, 6) is 0.838. The Morgan fingerprint density at radius 2 is 1.77 bits per heavy atom. The SMILES string of the molecule is O=C(O[C@@H]1COC2C1OC[C@H]2OCc1ccccc1)[C@H]1C[C@H]2C=C[C@@H]1C2. The lowest BCUT2D eigenvalue weighted by molar-refractivity contribution is -0.159. The van der Waals surface area contributed by atoms with E-state index in [0.717, 1.165) is 18.4 Å². The van der Waals surface area contributed by atoms with Gasteiger partial charge >= 0.3 is 5.97 Å². The van der Waals surface area contributed by atoms with Gasteiger partial charge in [0.2, 0.25) is 0 Å². The molecule has 5 nitrogen and oxygen atoms in total. The Kier molecular flexibility index (Phi) is 4.31. The van der Waals surface area contributed by atoms with Gasteiger partial charge in [0.1, 0.15) is 18.3 Å². The first-order chi connectivity index (χ1) is 12.8. The van der Waals surface area contributed by atoms with Crippen molar-refractivity contribution in [3.8, 4) is 0 Å². The monoisotopic (exact) mass is 356 g/mol. The summed E-state index contributed by atoms with van der Waals surface area (Å²) in [5, 5.41) is 0. The predicted molar refractivity (Wildman–Crippen MR) is 93.2 cm³/mol. The zero-order chi connectivity index (χ0) is 17.5. The van der Waals surface area contributed by atoms with Crippen molar-refractivity contribution in [2.24, 2.45) is 17.8 Å². The molecule has 0 amide bonds. The highest BCUT2D eigenvalue weighted by Gasteiger charge is 2.51. The third-order valence-electron chi connectivity index (χ3n) is 6.12. The molecular weight excluding hydrogens is 332 g/mol. The van der Waals surface area contributed by atoms with Gasteiger partial charge in [-0.1, -0.05) is 42.5 Å². The smallest absolute Gasteiger partial charge is 0.310 e. The van der Waals surface area contributed by atoms with Crippen LogP contribution in [0.2, 0.25) is 0 Å². The number of carbonyl (C=O) groups excluding carboxylic acids is 1. The third-order valence-corrected chi connectivity index (χ3v) is 6.12. The molecule has 2 heterocycles. The molecule has 2 unspecified atom stereocenters. The van der Waals surface area contributed by atoms with E-state index < -0.39 is 0 Å². The summed E-state index contributed by atoms with van der Waals surface area (Å²) in [6.07, 6.45) is 5.62. The van der Waals surface area contributed by atoms with Gasteiger partial charge in [0.15, 0.2) is 6.10 Å². The van der Waals surface area contributed by atoms with E-state index in [2.05, 4.69) is 12.2 Å². The van der Waals surface area contributed by atoms with Crippen LogP contribution in [0.1, 0.15) is 18.4 Å². The van der Waals surface area contributed by atoms with Gasteiger partial charge in [0.05, 0.1) is 25.7 Å². The molecule has 0 radical (unpaired) electrons. The number of carbonyl (C=O) groups is 1. The van der Waals surface area contributed by atoms with Crippen molar-refractivity contribution in [3.05, 3.63) is 48.0 Å².